The molecule has 1 unspecified atom stereocenters. The van der Waals surface area contributed by atoms with E-state index >= 15 is 0 Å². The second kappa shape index (κ2) is 8.76. The van der Waals surface area contributed by atoms with Gasteiger partial charge in [0.05, 0.1) is 6.04 Å². The Morgan fingerprint density at radius 1 is 1.07 bits per heavy atom. The second-order valence-corrected chi connectivity index (χ2v) is 8.17. The van der Waals surface area contributed by atoms with Crippen molar-refractivity contribution in [2.24, 2.45) is 5.92 Å². The van der Waals surface area contributed by atoms with Crippen LogP contribution in [-0.4, -0.2) is 20.3 Å². The molecule has 1 saturated carbocycles. The Hall–Kier alpha value is -2.37. The minimum absolute atomic E-state index is 0.00476. The molecular weight excluding hydrogens is 352 g/mol. The molecule has 1 fully saturated rings. The Morgan fingerprint density at radius 3 is 2.61 bits per heavy atom. The van der Waals surface area contributed by atoms with E-state index in [1.165, 1.54) is 23.9 Å². The number of amides is 1. The third-order valence-electron chi connectivity index (χ3n) is 6.17. The summed E-state index contributed by atoms with van der Waals surface area (Å²) in [6.45, 7) is 0.708. The number of carbonyl (C=O) groups excluding carboxylic acids is 1. The van der Waals surface area contributed by atoms with Crippen LogP contribution < -0.4 is 11.0 Å². The summed E-state index contributed by atoms with van der Waals surface area (Å²) in [5.41, 5.74) is 0.997. The maximum Gasteiger partial charge on any atom is 0.346 e. The fourth-order valence-electron chi connectivity index (χ4n) is 4.68. The van der Waals surface area contributed by atoms with Crippen LogP contribution in [0.5, 0.6) is 0 Å². The standard InChI is InChI=1S/C22H30N4O2/c27-20(16-26-22(28)25-15-9-3-8-14-19(25)24-26)23-21(17-10-4-1-5-11-17)18-12-6-2-7-13-18/h1,4-5,10-11,18,21H,2-3,6-9,12-16H2,(H,23,27). The van der Waals surface area contributed by atoms with E-state index < -0.39 is 0 Å². The highest BCUT2D eigenvalue weighted by atomic mass is 16.2. The average Bonchev–Trinajstić information content (AvgIpc) is 2.89. The minimum Gasteiger partial charge on any atom is -0.347 e. The summed E-state index contributed by atoms with van der Waals surface area (Å²) < 4.78 is 3.09. The van der Waals surface area contributed by atoms with Gasteiger partial charge in [0.1, 0.15) is 12.4 Å². The molecule has 1 atom stereocenters. The van der Waals surface area contributed by atoms with Crippen molar-refractivity contribution >= 4 is 5.91 Å². The number of fused-ring (bicyclic) bond motifs is 1. The van der Waals surface area contributed by atoms with E-state index in [0.717, 1.165) is 49.9 Å². The molecule has 1 amide bonds. The molecule has 1 aromatic carbocycles. The van der Waals surface area contributed by atoms with Crippen molar-refractivity contribution in [1.82, 2.24) is 19.7 Å². The first-order chi connectivity index (χ1) is 13.7. The van der Waals surface area contributed by atoms with E-state index in [9.17, 15) is 9.59 Å². The van der Waals surface area contributed by atoms with E-state index in [-0.39, 0.29) is 24.2 Å². The van der Waals surface area contributed by atoms with Crippen molar-refractivity contribution in [2.75, 3.05) is 0 Å². The number of rotatable bonds is 5. The van der Waals surface area contributed by atoms with Gasteiger partial charge in [0.2, 0.25) is 5.91 Å². The van der Waals surface area contributed by atoms with E-state index in [1.54, 1.807) is 4.57 Å². The Bertz CT molecular complexity index is 849. The Kier molecular flexibility index (Phi) is 5.93. The van der Waals surface area contributed by atoms with Crippen LogP contribution in [0.3, 0.4) is 0 Å². The van der Waals surface area contributed by atoms with Crippen LogP contribution in [0.4, 0.5) is 0 Å². The molecule has 1 aromatic heterocycles. The van der Waals surface area contributed by atoms with Crippen LogP contribution in [0.1, 0.15) is 68.8 Å². The fraction of sp³-hybridized carbons (Fsp3) is 0.591. The van der Waals surface area contributed by atoms with Crippen molar-refractivity contribution in [1.29, 1.82) is 0 Å². The summed E-state index contributed by atoms with van der Waals surface area (Å²) in [7, 11) is 0. The monoisotopic (exact) mass is 382 g/mol. The molecule has 6 nitrogen and oxygen atoms in total. The minimum atomic E-state index is -0.152. The molecule has 2 heterocycles. The molecule has 1 aliphatic carbocycles. The molecular formula is C22H30N4O2. The Morgan fingerprint density at radius 2 is 1.82 bits per heavy atom. The van der Waals surface area contributed by atoms with E-state index in [1.807, 2.05) is 18.2 Å². The van der Waals surface area contributed by atoms with Gasteiger partial charge in [-0.05, 0) is 37.2 Å². The number of hydrogen-bond donors (Lipinski definition) is 1. The molecule has 28 heavy (non-hydrogen) atoms. The van der Waals surface area contributed by atoms with E-state index in [4.69, 9.17) is 0 Å². The number of aryl methyl sites for hydroxylation is 1. The molecule has 1 N–H and O–H groups in total. The molecule has 1 aliphatic heterocycles. The third kappa shape index (κ3) is 4.21. The van der Waals surface area contributed by atoms with Crippen molar-refractivity contribution in [3.8, 4) is 0 Å². The van der Waals surface area contributed by atoms with Gasteiger partial charge in [-0.1, -0.05) is 56.0 Å². The molecule has 0 bridgehead atoms. The molecule has 2 aliphatic rings. The van der Waals surface area contributed by atoms with Crippen LogP contribution in [0.15, 0.2) is 35.1 Å². The number of hydrogen-bond acceptors (Lipinski definition) is 3. The average molecular weight is 383 g/mol. The van der Waals surface area contributed by atoms with Crippen molar-refractivity contribution < 1.29 is 4.79 Å². The Labute approximate surface area is 165 Å². The zero-order chi connectivity index (χ0) is 19.3. The van der Waals surface area contributed by atoms with Gasteiger partial charge in [0.25, 0.3) is 0 Å². The van der Waals surface area contributed by atoms with Crippen LogP contribution in [0, 0.1) is 5.92 Å². The SMILES string of the molecule is O=C(Cn1nc2n(c1=O)CCCCC2)NC(c1ccccc1)C1CCCCC1. The van der Waals surface area contributed by atoms with Gasteiger partial charge in [0.15, 0.2) is 0 Å². The lowest BCUT2D eigenvalue weighted by Crippen LogP contribution is -2.38. The topological polar surface area (TPSA) is 68.9 Å². The lowest BCUT2D eigenvalue weighted by Gasteiger charge is -2.31. The second-order valence-electron chi connectivity index (χ2n) is 8.17. The van der Waals surface area contributed by atoms with Gasteiger partial charge >= 0.3 is 5.69 Å². The highest BCUT2D eigenvalue weighted by Crippen LogP contribution is 2.34. The van der Waals surface area contributed by atoms with E-state index in [0.29, 0.717) is 12.5 Å². The van der Waals surface area contributed by atoms with Gasteiger partial charge in [-0.3, -0.25) is 9.36 Å². The number of carbonyl (C=O) groups is 1. The molecule has 6 heteroatoms. The van der Waals surface area contributed by atoms with Gasteiger partial charge in [-0.2, -0.15) is 5.10 Å². The first-order valence-corrected chi connectivity index (χ1v) is 10.7. The van der Waals surface area contributed by atoms with Gasteiger partial charge in [-0.25, -0.2) is 9.48 Å². The van der Waals surface area contributed by atoms with Crippen LogP contribution in [0.2, 0.25) is 0 Å². The summed E-state index contributed by atoms with van der Waals surface area (Å²) in [5, 5.41) is 7.67. The quantitative estimate of drug-likeness (QED) is 0.863. The highest BCUT2D eigenvalue weighted by molar-refractivity contribution is 5.76. The number of nitrogens with one attached hydrogen (secondary N) is 1. The molecule has 0 spiro atoms. The number of aromatic nitrogens is 3. The lowest BCUT2D eigenvalue weighted by molar-refractivity contribution is -0.123. The van der Waals surface area contributed by atoms with Crippen molar-refractivity contribution in [2.45, 2.75) is 76.9 Å². The number of benzene rings is 1. The van der Waals surface area contributed by atoms with Crippen molar-refractivity contribution in [3.63, 3.8) is 0 Å². The molecule has 2 aromatic rings. The lowest BCUT2D eigenvalue weighted by atomic mass is 9.81. The first kappa shape index (κ1) is 19.0. The Balaban J connectivity index is 1.50. The largest absolute Gasteiger partial charge is 0.347 e. The van der Waals surface area contributed by atoms with Crippen LogP contribution in [0.25, 0.3) is 0 Å². The predicted molar refractivity (Wildman–Crippen MR) is 108 cm³/mol. The summed E-state index contributed by atoms with van der Waals surface area (Å²) in [6.07, 6.45) is 10.00. The zero-order valence-electron chi connectivity index (χ0n) is 16.5. The van der Waals surface area contributed by atoms with Crippen LogP contribution >= 0.6 is 0 Å². The smallest absolute Gasteiger partial charge is 0.346 e. The summed E-state index contributed by atoms with van der Waals surface area (Å²) >= 11 is 0. The summed E-state index contributed by atoms with van der Waals surface area (Å²) in [5.74, 6) is 1.15. The maximum absolute atomic E-state index is 12.9. The number of nitrogens with zero attached hydrogens (tertiary/aromatic N) is 3. The molecule has 0 saturated heterocycles. The molecule has 0 radical (unpaired) electrons. The zero-order valence-corrected chi connectivity index (χ0v) is 16.5. The third-order valence-corrected chi connectivity index (χ3v) is 6.17. The maximum atomic E-state index is 12.9. The van der Waals surface area contributed by atoms with Gasteiger partial charge in [-0.15, -0.1) is 0 Å². The van der Waals surface area contributed by atoms with Gasteiger partial charge < -0.3 is 5.32 Å². The predicted octanol–water partition coefficient (Wildman–Crippen LogP) is 3.21. The highest BCUT2D eigenvalue weighted by Gasteiger charge is 2.27. The first-order valence-electron chi connectivity index (χ1n) is 10.7. The van der Waals surface area contributed by atoms with E-state index in [2.05, 4.69) is 22.5 Å². The normalized spacial score (nSPS) is 18.9. The van der Waals surface area contributed by atoms with Crippen molar-refractivity contribution in [3.05, 3.63) is 52.2 Å². The van der Waals surface area contributed by atoms with Crippen LogP contribution in [-0.2, 0) is 24.3 Å². The van der Waals surface area contributed by atoms with Gasteiger partial charge in [0, 0.05) is 13.0 Å². The summed E-state index contributed by atoms with van der Waals surface area (Å²) in [4.78, 5) is 25.5. The molecule has 4 rings (SSSR count). The molecule has 150 valence electrons. The summed E-state index contributed by atoms with van der Waals surface area (Å²) in [6, 6.07) is 10.2. The fourth-order valence-corrected chi connectivity index (χ4v) is 4.68.